The van der Waals surface area contributed by atoms with E-state index in [1.54, 1.807) is 0 Å². The highest BCUT2D eigenvalue weighted by Crippen LogP contribution is 2.40. The van der Waals surface area contributed by atoms with Gasteiger partial charge in [-0.25, -0.2) is 9.97 Å². The van der Waals surface area contributed by atoms with Crippen molar-refractivity contribution in [3.05, 3.63) is 152 Å². The molecule has 0 amide bonds. The summed E-state index contributed by atoms with van der Waals surface area (Å²) in [6, 6.07) is 50.7. The van der Waals surface area contributed by atoms with Crippen molar-refractivity contribution >= 4 is 31.5 Å². The van der Waals surface area contributed by atoms with Gasteiger partial charge in [0.15, 0.2) is 5.82 Å². The molecule has 202 valence electrons. The third-order valence-electron chi connectivity index (χ3n) is 7.80. The smallest absolute Gasteiger partial charge is 0.160 e. The van der Waals surface area contributed by atoms with E-state index in [-0.39, 0.29) is 0 Å². The average Bonchev–Trinajstić information content (AvgIpc) is 3.48. The summed E-state index contributed by atoms with van der Waals surface area (Å²) in [6.45, 7) is 0. The zero-order valence-corrected chi connectivity index (χ0v) is 24.0. The Morgan fingerprint density at radius 3 is 1.77 bits per heavy atom. The molecule has 3 heterocycles. The van der Waals surface area contributed by atoms with Gasteiger partial charge >= 0.3 is 0 Å². The maximum absolute atomic E-state index is 5.06. The van der Waals surface area contributed by atoms with E-state index in [1.165, 1.54) is 31.3 Å². The number of hydrogen-bond acceptors (Lipinski definition) is 4. The largest absolute Gasteiger partial charge is 0.256 e. The van der Waals surface area contributed by atoms with Crippen LogP contribution in [-0.4, -0.2) is 15.0 Å². The summed E-state index contributed by atoms with van der Waals surface area (Å²) in [4.78, 5) is 14.5. The average molecular weight is 568 g/mol. The zero-order chi connectivity index (χ0) is 28.6. The Balaban J connectivity index is 1.20. The normalized spacial score (nSPS) is 11.3. The van der Waals surface area contributed by atoms with Crippen LogP contribution in [0.15, 0.2) is 152 Å². The van der Waals surface area contributed by atoms with E-state index < -0.39 is 0 Å². The van der Waals surface area contributed by atoms with E-state index in [0.29, 0.717) is 5.82 Å². The molecule has 5 aromatic carbocycles. The highest BCUT2D eigenvalue weighted by Gasteiger charge is 2.13. The van der Waals surface area contributed by atoms with Gasteiger partial charge in [-0.1, -0.05) is 121 Å². The first kappa shape index (κ1) is 25.3. The van der Waals surface area contributed by atoms with Crippen molar-refractivity contribution in [3.8, 4) is 56.3 Å². The van der Waals surface area contributed by atoms with Gasteiger partial charge in [-0.15, -0.1) is 11.3 Å². The lowest BCUT2D eigenvalue weighted by Crippen LogP contribution is -1.96. The van der Waals surface area contributed by atoms with Gasteiger partial charge in [0.05, 0.1) is 17.1 Å². The summed E-state index contributed by atoms with van der Waals surface area (Å²) in [5.41, 5.74) is 9.33. The molecule has 0 N–H and O–H groups in total. The van der Waals surface area contributed by atoms with Gasteiger partial charge in [0, 0.05) is 48.6 Å². The standard InChI is InChI=1S/C39H25N3S/c1-2-9-27(10-3-1)35-25-36(42-39(41-35)30-22-20-28(21-23-30)34-14-6-7-24-40-34)29-18-16-26(17-19-29)31-12-8-13-33-32-11-4-5-15-37(32)43-38(31)33/h1-25H. The first-order chi connectivity index (χ1) is 21.3. The summed E-state index contributed by atoms with van der Waals surface area (Å²) in [6.07, 6.45) is 1.82. The zero-order valence-electron chi connectivity index (χ0n) is 23.2. The van der Waals surface area contributed by atoms with Crippen molar-refractivity contribution < 1.29 is 0 Å². The van der Waals surface area contributed by atoms with E-state index >= 15 is 0 Å². The van der Waals surface area contributed by atoms with Crippen LogP contribution in [0, 0.1) is 0 Å². The number of benzene rings is 5. The Bertz CT molecular complexity index is 2200. The summed E-state index contributed by atoms with van der Waals surface area (Å²) >= 11 is 1.86. The van der Waals surface area contributed by atoms with Crippen LogP contribution in [0.4, 0.5) is 0 Å². The van der Waals surface area contributed by atoms with Crippen LogP contribution in [0.5, 0.6) is 0 Å². The number of hydrogen-bond donors (Lipinski definition) is 0. The molecule has 8 rings (SSSR count). The summed E-state index contributed by atoms with van der Waals surface area (Å²) in [5.74, 6) is 0.697. The number of thiophene rings is 1. The number of rotatable bonds is 5. The lowest BCUT2D eigenvalue weighted by Gasteiger charge is -2.11. The number of aromatic nitrogens is 3. The predicted molar refractivity (Wildman–Crippen MR) is 180 cm³/mol. The van der Waals surface area contributed by atoms with Gasteiger partial charge in [-0.2, -0.15) is 0 Å². The summed E-state index contributed by atoms with van der Waals surface area (Å²) < 4.78 is 2.64. The van der Waals surface area contributed by atoms with Crippen LogP contribution < -0.4 is 0 Å². The maximum atomic E-state index is 5.06. The van der Waals surface area contributed by atoms with Crippen molar-refractivity contribution in [2.24, 2.45) is 0 Å². The van der Waals surface area contributed by atoms with Gasteiger partial charge in [0.2, 0.25) is 0 Å². The van der Waals surface area contributed by atoms with Gasteiger partial charge in [-0.05, 0) is 35.4 Å². The molecule has 8 aromatic rings. The van der Waals surface area contributed by atoms with Crippen LogP contribution in [-0.2, 0) is 0 Å². The Hall–Kier alpha value is -5.45. The van der Waals surface area contributed by atoms with Crippen molar-refractivity contribution in [1.82, 2.24) is 15.0 Å². The van der Waals surface area contributed by atoms with Crippen molar-refractivity contribution in [2.75, 3.05) is 0 Å². The highest BCUT2D eigenvalue weighted by molar-refractivity contribution is 7.26. The molecule has 0 saturated carbocycles. The SMILES string of the molecule is c1ccc(-c2cc(-c3ccc(-c4cccc5c4sc4ccccc45)cc3)nc(-c3ccc(-c4ccccn4)cc3)n2)cc1. The van der Waals surface area contributed by atoms with Gasteiger partial charge < -0.3 is 0 Å². The van der Waals surface area contributed by atoms with Crippen molar-refractivity contribution in [3.63, 3.8) is 0 Å². The van der Waals surface area contributed by atoms with E-state index in [9.17, 15) is 0 Å². The second-order valence-corrected chi connectivity index (χ2v) is 11.5. The van der Waals surface area contributed by atoms with Crippen LogP contribution >= 0.6 is 11.3 Å². The molecule has 0 fully saturated rings. The van der Waals surface area contributed by atoms with E-state index in [2.05, 4.69) is 114 Å². The number of nitrogens with zero attached hydrogens (tertiary/aromatic N) is 3. The molecule has 0 aliphatic carbocycles. The van der Waals surface area contributed by atoms with E-state index in [0.717, 1.165) is 39.3 Å². The molecule has 0 saturated heterocycles. The summed E-state index contributed by atoms with van der Waals surface area (Å²) in [7, 11) is 0. The monoisotopic (exact) mass is 567 g/mol. The Morgan fingerprint density at radius 2 is 1.02 bits per heavy atom. The molecule has 0 bridgehead atoms. The number of fused-ring (bicyclic) bond motifs is 3. The fourth-order valence-corrected chi connectivity index (χ4v) is 6.84. The van der Waals surface area contributed by atoms with Gasteiger partial charge in [0.25, 0.3) is 0 Å². The maximum Gasteiger partial charge on any atom is 0.160 e. The Labute approximate surface area is 253 Å². The summed E-state index contributed by atoms with van der Waals surface area (Å²) in [5, 5.41) is 2.63. The lowest BCUT2D eigenvalue weighted by molar-refractivity contribution is 1.18. The number of pyridine rings is 1. The Kier molecular flexibility index (Phi) is 6.32. The molecule has 0 unspecified atom stereocenters. The quantitative estimate of drug-likeness (QED) is 0.208. The Morgan fingerprint density at radius 1 is 0.419 bits per heavy atom. The van der Waals surface area contributed by atoms with Crippen LogP contribution in [0.1, 0.15) is 0 Å². The lowest BCUT2D eigenvalue weighted by atomic mass is 10.00. The van der Waals surface area contributed by atoms with Crippen LogP contribution in [0.3, 0.4) is 0 Å². The molecule has 3 nitrogen and oxygen atoms in total. The molecule has 3 aromatic heterocycles. The third-order valence-corrected chi connectivity index (χ3v) is 9.02. The van der Waals surface area contributed by atoms with Gasteiger partial charge in [-0.3, -0.25) is 4.98 Å². The fourth-order valence-electron chi connectivity index (χ4n) is 5.60. The minimum absolute atomic E-state index is 0.697. The first-order valence-electron chi connectivity index (χ1n) is 14.3. The molecular formula is C39H25N3S. The first-order valence-corrected chi connectivity index (χ1v) is 15.1. The van der Waals surface area contributed by atoms with E-state index in [4.69, 9.17) is 9.97 Å². The van der Waals surface area contributed by atoms with Gasteiger partial charge in [0.1, 0.15) is 0 Å². The van der Waals surface area contributed by atoms with E-state index in [1.807, 2.05) is 53.9 Å². The molecule has 0 spiro atoms. The molecule has 0 atom stereocenters. The molecule has 43 heavy (non-hydrogen) atoms. The minimum Gasteiger partial charge on any atom is -0.256 e. The molecule has 0 aliphatic rings. The fraction of sp³-hybridized carbons (Fsp3) is 0. The molecule has 0 aliphatic heterocycles. The second-order valence-electron chi connectivity index (χ2n) is 10.5. The minimum atomic E-state index is 0.697. The molecular weight excluding hydrogens is 543 g/mol. The highest BCUT2D eigenvalue weighted by atomic mass is 32.1. The second kappa shape index (κ2) is 10.8. The van der Waals surface area contributed by atoms with Crippen LogP contribution in [0.2, 0.25) is 0 Å². The van der Waals surface area contributed by atoms with Crippen molar-refractivity contribution in [2.45, 2.75) is 0 Å². The third kappa shape index (κ3) is 4.78. The predicted octanol–water partition coefficient (Wildman–Crippen LogP) is 10.6. The molecule has 4 heteroatoms. The topological polar surface area (TPSA) is 38.7 Å². The molecule has 0 radical (unpaired) electrons. The van der Waals surface area contributed by atoms with Crippen molar-refractivity contribution in [1.29, 1.82) is 0 Å². The van der Waals surface area contributed by atoms with Crippen LogP contribution in [0.25, 0.3) is 76.5 Å².